The molecule has 0 radical (unpaired) electrons. The van der Waals surface area contributed by atoms with Crippen LogP contribution in [0.3, 0.4) is 0 Å². The van der Waals surface area contributed by atoms with E-state index >= 15 is 0 Å². The van der Waals surface area contributed by atoms with Crippen LogP contribution in [0.5, 0.6) is 0 Å². The molecule has 1 aromatic heterocycles. The summed E-state index contributed by atoms with van der Waals surface area (Å²) in [6.07, 6.45) is 4.58. The van der Waals surface area contributed by atoms with Crippen molar-refractivity contribution < 1.29 is 4.79 Å². The third kappa shape index (κ3) is 3.65. The van der Waals surface area contributed by atoms with Crippen LogP contribution in [0, 0.1) is 18.3 Å². The van der Waals surface area contributed by atoms with Gasteiger partial charge in [0.2, 0.25) is 0 Å². The normalized spacial score (nSPS) is 12.3. The summed E-state index contributed by atoms with van der Waals surface area (Å²) in [6.45, 7) is 6.77. The summed E-state index contributed by atoms with van der Waals surface area (Å²) in [4.78, 5) is 15.3. The van der Waals surface area contributed by atoms with E-state index in [-0.39, 0.29) is 5.91 Å². The molecule has 5 heteroatoms. The van der Waals surface area contributed by atoms with Crippen molar-refractivity contribution in [1.82, 2.24) is 14.7 Å². The summed E-state index contributed by atoms with van der Waals surface area (Å²) < 4.78 is 1.96. The van der Waals surface area contributed by atoms with Gasteiger partial charge >= 0.3 is 0 Å². The van der Waals surface area contributed by atoms with E-state index in [1.54, 1.807) is 23.1 Å². The maximum absolute atomic E-state index is 13.5. The van der Waals surface area contributed by atoms with E-state index in [0.717, 1.165) is 47.3 Å². The predicted octanol–water partition coefficient (Wildman–Crippen LogP) is 4.37. The Morgan fingerprint density at radius 1 is 1.23 bits per heavy atom. The molecule has 1 amide bonds. The van der Waals surface area contributed by atoms with Crippen LogP contribution >= 0.6 is 0 Å². The molecule has 0 N–H and O–H groups in total. The molecule has 0 saturated carbocycles. The van der Waals surface area contributed by atoms with Gasteiger partial charge in [-0.05, 0) is 55.5 Å². The molecule has 0 spiro atoms. The Hall–Kier alpha value is -3.65. The third-order valence-electron chi connectivity index (χ3n) is 5.57. The number of carbonyl (C=O) groups is 1. The molecule has 1 aliphatic carbocycles. The van der Waals surface area contributed by atoms with E-state index < -0.39 is 0 Å². The van der Waals surface area contributed by atoms with Gasteiger partial charge in [0.15, 0.2) is 5.69 Å². The number of nitrogens with zero attached hydrogens (tertiary/aromatic N) is 4. The summed E-state index contributed by atoms with van der Waals surface area (Å²) in [6, 6.07) is 17.6. The number of para-hydroxylation sites is 1. The molecule has 150 valence electrons. The molecule has 0 unspecified atom stereocenters. The fourth-order valence-electron chi connectivity index (χ4n) is 4.04. The highest BCUT2D eigenvalue weighted by Crippen LogP contribution is 2.29. The molecular weight excluding hydrogens is 372 g/mol. The lowest BCUT2D eigenvalue weighted by Gasteiger charge is -2.21. The van der Waals surface area contributed by atoms with Crippen LogP contribution in [0.2, 0.25) is 0 Å². The van der Waals surface area contributed by atoms with Crippen LogP contribution < -0.4 is 0 Å². The van der Waals surface area contributed by atoms with Crippen molar-refractivity contribution in [2.24, 2.45) is 0 Å². The Labute approximate surface area is 176 Å². The summed E-state index contributed by atoms with van der Waals surface area (Å²) in [5.41, 5.74) is 6.49. The fourth-order valence-corrected chi connectivity index (χ4v) is 4.04. The van der Waals surface area contributed by atoms with Gasteiger partial charge in [-0.1, -0.05) is 36.4 Å². The molecule has 2 aromatic carbocycles. The first-order valence-electron chi connectivity index (χ1n) is 10.2. The maximum Gasteiger partial charge on any atom is 0.275 e. The van der Waals surface area contributed by atoms with Crippen molar-refractivity contribution in [1.29, 1.82) is 5.26 Å². The van der Waals surface area contributed by atoms with Crippen LogP contribution in [-0.2, 0) is 19.4 Å². The lowest BCUT2D eigenvalue weighted by molar-refractivity contribution is 0.0755. The monoisotopic (exact) mass is 396 g/mol. The number of amides is 1. The minimum absolute atomic E-state index is 0.0789. The Morgan fingerprint density at radius 3 is 2.70 bits per heavy atom. The van der Waals surface area contributed by atoms with Crippen LogP contribution in [0.1, 0.15) is 44.9 Å². The van der Waals surface area contributed by atoms with Crippen LogP contribution in [0.25, 0.3) is 5.69 Å². The molecule has 1 aliphatic rings. The van der Waals surface area contributed by atoms with Crippen molar-refractivity contribution in [2.75, 3.05) is 6.54 Å². The smallest absolute Gasteiger partial charge is 0.275 e. The second-order valence-electron chi connectivity index (χ2n) is 7.61. The highest BCUT2D eigenvalue weighted by Gasteiger charge is 2.29. The SMILES string of the molecule is C=CCN(Cc1ccc(C#N)cc1)C(=O)c1nn(-c2ccccc2C)c2c1CCC2. The third-order valence-corrected chi connectivity index (χ3v) is 5.57. The number of hydrogen-bond acceptors (Lipinski definition) is 3. The van der Waals surface area contributed by atoms with E-state index in [0.29, 0.717) is 24.3 Å². The summed E-state index contributed by atoms with van der Waals surface area (Å²) in [5, 5.41) is 13.8. The highest BCUT2D eigenvalue weighted by atomic mass is 16.2. The van der Waals surface area contributed by atoms with E-state index in [1.807, 2.05) is 35.0 Å². The lowest BCUT2D eigenvalue weighted by Crippen LogP contribution is -2.31. The zero-order valence-electron chi connectivity index (χ0n) is 17.1. The van der Waals surface area contributed by atoms with E-state index in [9.17, 15) is 4.79 Å². The highest BCUT2D eigenvalue weighted by molar-refractivity contribution is 5.94. The molecule has 30 heavy (non-hydrogen) atoms. The van der Waals surface area contributed by atoms with E-state index in [2.05, 4.69) is 25.6 Å². The predicted molar refractivity (Wildman–Crippen MR) is 116 cm³/mol. The average molecular weight is 396 g/mol. The summed E-state index contributed by atoms with van der Waals surface area (Å²) in [5.74, 6) is -0.0789. The second-order valence-corrected chi connectivity index (χ2v) is 7.61. The number of benzene rings is 2. The van der Waals surface area contributed by atoms with Gasteiger partial charge in [0.05, 0.1) is 17.3 Å². The van der Waals surface area contributed by atoms with Crippen molar-refractivity contribution in [2.45, 2.75) is 32.7 Å². The van der Waals surface area contributed by atoms with Gasteiger partial charge in [0, 0.05) is 24.3 Å². The molecule has 5 nitrogen and oxygen atoms in total. The molecular formula is C25H24N4O. The van der Waals surface area contributed by atoms with Gasteiger partial charge < -0.3 is 4.90 Å². The van der Waals surface area contributed by atoms with Gasteiger partial charge in [-0.3, -0.25) is 4.79 Å². The van der Waals surface area contributed by atoms with Crippen LogP contribution in [0.4, 0.5) is 0 Å². The van der Waals surface area contributed by atoms with E-state index in [1.165, 1.54) is 0 Å². The van der Waals surface area contributed by atoms with Gasteiger partial charge in [-0.2, -0.15) is 10.4 Å². The van der Waals surface area contributed by atoms with Crippen LogP contribution in [0.15, 0.2) is 61.2 Å². The lowest BCUT2D eigenvalue weighted by atomic mass is 10.1. The van der Waals surface area contributed by atoms with Crippen LogP contribution in [-0.4, -0.2) is 27.1 Å². The number of fused-ring (bicyclic) bond motifs is 1. The zero-order chi connectivity index (χ0) is 21.1. The Balaban J connectivity index is 1.68. The van der Waals surface area contributed by atoms with Crippen molar-refractivity contribution in [3.63, 3.8) is 0 Å². The first-order chi connectivity index (χ1) is 14.6. The van der Waals surface area contributed by atoms with Crippen molar-refractivity contribution in [3.8, 4) is 11.8 Å². The molecule has 0 atom stereocenters. The minimum atomic E-state index is -0.0789. The molecule has 3 aromatic rings. The number of hydrogen-bond donors (Lipinski definition) is 0. The molecule has 4 rings (SSSR count). The quantitative estimate of drug-likeness (QED) is 0.581. The van der Waals surface area contributed by atoms with Gasteiger partial charge in [-0.15, -0.1) is 6.58 Å². The number of carbonyl (C=O) groups excluding carboxylic acids is 1. The van der Waals surface area contributed by atoms with Crippen molar-refractivity contribution >= 4 is 5.91 Å². The topological polar surface area (TPSA) is 61.9 Å². The standard InChI is InChI=1S/C25H24N4O/c1-3-15-28(17-20-13-11-19(16-26)12-14-20)25(30)24-21-8-6-10-23(21)29(27-24)22-9-5-4-7-18(22)2/h3-5,7,9,11-14H,1,6,8,10,15,17H2,2H3. The minimum Gasteiger partial charge on any atom is -0.329 e. The van der Waals surface area contributed by atoms with Gasteiger partial charge in [0.25, 0.3) is 5.91 Å². The average Bonchev–Trinajstić information content (AvgIpc) is 3.37. The summed E-state index contributed by atoms with van der Waals surface area (Å²) >= 11 is 0. The van der Waals surface area contributed by atoms with Crippen molar-refractivity contribution in [3.05, 3.63) is 94.8 Å². The molecule has 0 saturated heterocycles. The largest absolute Gasteiger partial charge is 0.329 e. The Bertz CT molecular complexity index is 1130. The molecule has 0 aliphatic heterocycles. The first-order valence-corrected chi connectivity index (χ1v) is 10.2. The molecule has 0 fully saturated rings. The number of aryl methyl sites for hydroxylation is 1. The van der Waals surface area contributed by atoms with Gasteiger partial charge in [0.1, 0.15) is 0 Å². The fraction of sp³-hybridized carbons (Fsp3) is 0.240. The maximum atomic E-state index is 13.5. The summed E-state index contributed by atoms with van der Waals surface area (Å²) in [7, 11) is 0. The molecule has 1 heterocycles. The second kappa shape index (κ2) is 8.38. The van der Waals surface area contributed by atoms with Gasteiger partial charge in [-0.25, -0.2) is 4.68 Å². The zero-order valence-corrected chi connectivity index (χ0v) is 17.1. The first kappa shape index (κ1) is 19.7. The molecule has 0 bridgehead atoms. The number of rotatable bonds is 6. The van der Waals surface area contributed by atoms with E-state index in [4.69, 9.17) is 10.4 Å². The Kier molecular flexibility index (Phi) is 5.49. The Morgan fingerprint density at radius 2 is 2.00 bits per heavy atom. The number of nitriles is 1. The number of aromatic nitrogens is 2.